The minimum atomic E-state index is -0.420. The van der Waals surface area contributed by atoms with E-state index in [1.165, 1.54) is 44.4 Å². The van der Waals surface area contributed by atoms with Gasteiger partial charge in [0.25, 0.3) is 0 Å². The van der Waals surface area contributed by atoms with E-state index < -0.39 is 6.10 Å². The number of nitrogens with one attached hydrogen (secondary N) is 2. The molecule has 130 valence electrons. The Morgan fingerprint density at radius 3 is 2.56 bits per heavy atom. The van der Waals surface area contributed by atoms with Gasteiger partial charge in [0, 0.05) is 23.4 Å². The van der Waals surface area contributed by atoms with Crippen LogP contribution < -0.4 is 5.32 Å². The molecule has 0 amide bonds. The van der Waals surface area contributed by atoms with Crippen LogP contribution in [-0.2, 0) is 0 Å². The van der Waals surface area contributed by atoms with Crippen molar-refractivity contribution in [2.75, 3.05) is 5.32 Å². The molecule has 0 bridgehead atoms. The topological polar surface area (TPSA) is 48.0 Å². The van der Waals surface area contributed by atoms with Crippen LogP contribution in [-0.4, -0.2) is 21.7 Å². The van der Waals surface area contributed by atoms with Crippen LogP contribution in [0.15, 0.2) is 36.5 Å². The van der Waals surface area contributed by atoms with Crippen molar-refractivity contribution in [3.05, 3.63) is 53.2 Å². The molecule has 3 N–H and O–H groups in total. The number of aromatic amines is 1. The molecule has 3 heteroatoms. The van der Waals surface area contributed by atoms with Gasteiger partial charge in [0.05, 0.1) is 17.2 Å². The number of hydrogen-bond donors (Lipinski definition) is 3. The monoisotopic (exact) mass is 334 g/mol. The van der Waals surface area contributed by atoms with E-state index in [-0.39, 0.29) is 11.5 Å². The van der Waals surface area contributed by atoms with Crippen molar-refractivity contribution < 1.29 is 5.11 Å². The van der Waals surface area contributed by atoms with Crippen molar-refractivity contribution in [2.45, 2.75) is 52.2 Å². The number of anilines is 1. The number of aliphatic hydroxyl groups excluding tert-OH is 1. The predicted octanol–water partition coefficient (Wildman–Crippen LogP) is 5.12. The quantitative estimate of drug-likeness (QED) is 0.578. The maximum absolute atomic E-state index is 10.7. The number of para-hydroxylation sites is 1. The van der Waals surface area contributed by atoms with Crippen LogP contribution in [0, 0.1) is 13.8 Å². The summed E-state index contributed by atoms with van der Waals surface area (Å²) in [6.07, 6.45) is 1.57. The SMILES string of the molecule is Cc1c(-c2cccc3cc[nH]c23)cc2c(c1C)NC(C)(C)[C@H](O)[C@H]2C. The van der Waals surface area contributed by atoms with E-state index in [4.69, 9.17) is 0 Å². The Hall–Kier alpha value is -2.26. The summed E-state index contributed by atoms with van der Waals surface area (Å²) in [7, 11) is 0. The number of H-pyrrole nitrogens is 1. The standard InChI is InChI=1S/C22H26N2O/c1-12-13(2)19-18(14(3)21(25)22(4,5)24-19)11-17(12)16-8-6-7-15-9-10-23-20(15)16/h6-11,14,21,23-25H,1-5H3/t14-,21+/m0/s1. The third kappa shape index (κ3) is 2.30. The smallest absolute Gasteiger partial charge is 0.0830 e. The molecule has 0 aliphatic carbocycles. The van der Waals surface area contributed by atoms with E-state index >= 15 is 0 Å². The van der Waals surface area contributed by atoms with Gasteiger partial charge in [-0.25, -0.2) is 0 Å². The lowest BCUT2D eigenvalue weighted by Gasteiger charge is -2.43. The molecule has 1 aliphatic heterocycles. The van der Waals surface area contributed by atoms with Crippen molar-refractivity contribution in [1.29, 1.82) is 0 Å². The summed E-state index contributed by atoms with van der Waals surface area (Å²) < 4.78 is 0. The van der Waals surface area contributed by atoms with Gasteiger partial charge >= 0.3 is 0 Å². The minimum Gasteiger partial charge on any atom is -0.390 e. The molecule has 0 saturated heterocycles. The molecule has 0 spiro atoms. The second kappa shape index (κ2) is 5.37. The molecule has 0 unspecified atom stereocenters. The number of rotatable bonds is 1. The van der Waals surface area contributed by atoms with Crippen molar-refractivity contribution in [1.82, 2.24) is 4.98 Å². The van der Waals surface area contributed by atoms with Gasteiger partial charge < -0.3 is 15.4 Å². The number of fused-ring (bicyclic) bond motifs is 2. The fraction of sp³-hybridized carbons (Fsp3) is 0.364. The van der Waals surface area contributed by atoms with Crippen molar-refractivity contribution in [2.24, 2.45) is 0 Å². The van der Waals surface area contributed by atoms with Gasteiger partial charge in [-0.15, -0.1) is 0 Å². The molecule has 25 heavy (non-hydrogen) atoms. The summed E-state index contributed by atoms with van der Waals surface area (Å²) in [5.74, 6) is 0.0899. The third-order valence-electron chi connectivity index (χ3n) is 5.96. The summed E-state index contributed by atoms with van der Waals surface area (Å²) in [6, 6.07) is 10.8. The molecule has 2 heterocycles. The van der Waals surface area contributed by atoms with Crippen LogP contribution in [0.3, 0.4) is 0 Å². The van der Waals surface area contributed by atoms with E-state index in [9.17, 15) is 5.11 Å². The summed E-state index contributed by atoms with van der Waals surface area (Å²) in [4.78, 5) is 3.38. The largest absolute Gasteiger partial charge is 0.390 e. The van der Waals surface area contributed by atoms with Gasteiger partial charge in [0.2, 0.25) is 0 Å². The molecular weight excluding hydrogens is 308 g/mol. The van der Waals surface area contributed by atoms with Crippen molar-refractivity contribution >= 4 is 16.6 Å². The Kier molecular flexibility index (Phi) is 3.48. The van der Waals surface area contributed by atoms with Gasteiger partial charge in [-0.1, -0.05) is 25.1 Å². The van der Waals surface area contributed by atoms with Gasteiger partial charge in [-0.05, 0) is 67.5 Å². The van der Waals surface area contributed by atoms with E-state index in [1.54, 1.807) is 0 Å². The molecule has 3 nitrogen and oxygen atoms in total. The summed E-state index contributed by atoms with van der Waals surface area (Å²) in [5, 5.41) is 15.5. The van der Waals surface area contributed by atoms with Crippen molar-refractivity contribution in [3.63, 3.8) is 0 Å². The maximum atomic E-state index is 10.7. The normalized spacial score (nSPS) is 21.8. The Balaban J connectivity index is 1.99. The molecule has 2 atom stereocenters. The van der Waals surface area contributed by atoms with Crippen molar-refractivity contribution in [3.8, 4) is 11.1 Å². The Bertz CT molecular complexity index is 968. The molecule has 0 radical (unpaired) electrons. The highest BCUT2D eigenvalue weighted by atomic mass is 16.3. The van der Waals surface area contributed by atoms with E-state index in [1.807, 2.05) is 6.20 Å². The third-order valence-corrected chi connectivity index (χ3v) is 5.96. The zero-order valence-corrected chi connectivity index (χ0v) is 15.6. The average Bonchev–Trinajstić information content (AvgIpc) is 3.06. The van der Waals surface area contributed by atoms with Crippen LogP contribution >= 0.6 is 0 Å². The fourth-order valence-corrected chi connectivity index (χ4v) is 4.25. The van der Waals surface area contributed by atoms with E-state index in [0.29, 0.717) is 0 Å². The molecule has 1 aromatic heterocycles. The number of aromatic nitrogens is 1. The zero-order valence-electron chi connectivity index (χ0n) is 15.6. The average molecular weight is 334 g/mol. The lowest BCUT2D eigenvalue weighted by molar-refractivity contribution is 0.0869. The van der Waals surface area contributed by atoms with Crippen LogP contribution in [0.2, 0.25) is 0 Å². The first kappa shape index (κ1) is 16.2. The Morgan fingerprint density at radius 1 is 1.04 bits per heavy atom. The zero-order chi connectivity index (χ0) is 17.9. The van der Waals surface area contributed by atoms with Crippen LogP contribution in [0.25, 0.3) is 22.0 Å². The second-order valence-corrected chi connectivity index (χ2v) is 7.97. The van der Waals surface area contributed by atoms with Gasteiger partial charge in [0.1, 0.15) is 0 Å². The maximum Gasteiger partial charge on any atom is 0.0830 e. The highest BCUT2D eigenvalue weighted by molar-refractivity contribution is 5.96. The minimum absolute atomic E-state index is 0.0899. The molecule has 4 rings (SSSR count). The Morgan fingerprint density at radius 2 is 1.80 bits per heavy atom. The van der Waals surface area contributed by atoms with Gasteiger partial charge in [0.15, 0.2) is 0 Å². The first-order chi connectivity index (χ1) is 11.8. The van der Waals surface area contributed by atoms with Gasteiger partial charge in [-0.3, -0.25) is 0 Å². The van der Waals surface area contributed by atoms with E-state index in [2.05, 4.69) is 75.3 Å². The second-order valence-electron chi connectivity index (χ2n) is 7.97. The number of hydrogen-bond acceptors (Lipinski definition) is 2. The predicted molar refractivity (Wildman–Crippen MR) is 105 cm³/mol. The van der Waals surface area contributed by atoms with Crippen LogP contribution in [0.4, 0.5) is 5.69 Å². The van der Waals surface area contributed by atoms with Crippen LogP contribution in [0.1, 0.15) is 43.4 Å². The highest BCUT2D eigenvalue weighted by Crippen LogP contribution is 2.45. The Labute approximate surface area is 149 Å². The summed E-state index contributed by atoms with van der Waals surface area (Å²) >= 11 is 0. The highest BCUT2D eigenvalue weighted by Gasteiger charge is 2.39. The molecule has 0 fully saturated rings. The van der Waals surface area contributed by atoms with Crippen LogP contribution in [0.5, 0.6) is 0 Å². The van der Waals surface area contributed by atoms with E-state index in [0.717, 1.165) is 0 Å². The lowest BCUT2D eigenvalue weighted by Crippen LogP contribution is -2.50. The molecule has 0 saturated carbocycles. The number of benzene rings is 2. The summed E-state index contributed by atoms with van der Waals surface area (Å²) in [6.45, 7) is 10.6. The van der Waals surface area contributed by atoms with Gasteiger partial charge in [-0.2, -0.15) is 0 Å². The molecule has 2 aromatic carbocycles. The number of aliphatic hydroxyl groups is 1. The summed E-state index contributed by atoms with van der Waals surface area (Å²) in [5.41, 5.74) is 8.24. The molecular formula is C22H26N2O. The first-order valence-corrected chi connectivity index (χ1v) is 8.98. The molecule has 3 aromatic rings. The lowest BCUT2D eigenvalue weighted by atomic mass is 9.76. The first-order valence-electron chi connectivity index (χ1n) is 8.98. The fourth-order valence-electron chi connectivity index (χ4n) is 4.25. The molecule has 1 aliphatic rings.